The lowest BCUT2D eigenvalue weighted by Crippen LogP contribution is -2.29. The largest absolute Gasteiger partial charge is 0.508 e. The number of nitrogens with one attached hydrogen (secondary N) is 2. The molecule has 0 atom stereocenters. The van der Waals surface area contributed by atoms with E-state index in [0.717, 1.165) is 12.2 Å². The number of hydrogen-bond acceptors (Lipinski definition) is 3. The number of urea groups is 1. The van der Waals surface area contributed by atoms with Crippen LogP contribution in [0.2, 0.25) is 0 Å². The van der Waals surface area contributed by atoms with Crippen molar-refractivity contribution in [1.29, 1.82) is 0 Å². The summed E-state index contributed by atoms with van der Waals surface area (Å²) in [6.07, 6.45) is 23.7. The Labute approximate surface area is 208 Å². The van der Waals surface area contributed by atoms with E-state index in [-0.39, 0.29) is 11.8 Å². The van der Waals surface area contributed by atoms with Crippen LogP contribution in [0.4, 0.5) is 10.5 Å². The first-order chi connectivity index (χ1) is 16.2. The van der Waals surface area contributed by atoms with Gasteiger partial charge in [-0.05, 0) is 48.6 Å². The summed E-state index contributed by atoms with van der Waals surface area (Å²) in [5, 5.41) is 14.9. The zero-order valence-corrected chi connectivity index (χ0v) is 22.0. The summed E-state index contributed by atoms with van der Waals surface area (Å²) in [4.78, 5) is 11.8. The fourth-order valence-corrected chi connectivity index (χ4v) is 4.91. The van der Waals surface area contributed by atoms with E-state index in [0.29, 0.717) is 12.2 Å². The van der Waals surface area contributed by atoms with E-state index < -0.39 is 0 Å². The number of phenols is 1. The quantitative estimate of drug-likeness (QED) is 0.115. The van der Waals surface area contributed by atoms with Crippen LogP contribution in [-0.4, -0.2) is 29.2 Å². The van der Waals surface area contributed by atoms with Gasteiger partial charge >= 0.3 is 6.03 Å². The third kappa shape index (κ3) is 19.8. The minimum atomic E-state index is -0.191. The molecule has 1 rings (SSSR count). The molecule has 0 radical (unpaired) electrons. The van der Waals surface area contributed by atoms with Gasteiger partial charge in [-0.2, -0.15) is 11.8 Å². The van der Waals surface area contributed by atoms with Crippen LogP contribution >= 0.6 is 11.8 Å². The standard InChI is InChI=1S/C28H50N2O2S/c1-2-3-4-5-6-7-8-9-10-11-12-13-14-15-16-17-24-33-25-18-23-29-28(32)30-26-19-21-27(31)22-20-26/h19-22,31H,2-18,23-25H2,1H3,(H2,29,30,32). The minimum absolute atomic E-state index is 0.191. The molecule has 5 heteroatoms. The van der Waals surface area contributed by atoms with Gasteiger partial charge in [-0.3, -0.25) is 0 Å². The molecule has 0 saturated heterocycles. The highest BCUT2D eigenvalue weighted by Crippen LogP contribution is 2.15. The van der Waals surface area contributed by atoms with Gasteiger partial charge in [0.05, 0.1) is 0 Å². The second kappa shape index (κ2) is 22.4. The lowest BCUT2D eigenvalue weighted by Gasteiger charge is -2.07. The van der Waals surface area contributed by atoms with Crippen molar-refractivity contribution in [3.63, 3.8) is 0 Å². The fraction of sp³-hybridized carbons (Fsp3) is 0.750. The molecule has 33 heavy (non-hydrogen) atoms. The van der Waals surface area contributed by atoms with Crippen LogP contribution < -0.4 is 10.6 Å². The second-order valence-electron chi connectivity index (χ2n) is 9.20. The normalized spacial score (nSPS) is 10.9. The number of carbonyl (C=O) groups excluding carboxylic acids is 1. The molecule has 0 fully saturated rings. The molecule has 0 bridgehead atoms. The summed E-state index contributed by atoms with van der Waals surface area (Å²) in [5.41, 5.74) is 0.683. The maximum absolute atomic E-state index is 11.8. The summed E-state index contributed by atoms with van der Waals surface area (Å²) >= 11 is 2.00. The zero-order valence-electron chi connectivity index (χ0n) is 21.2. The number of benzene rings is 1. The smallest absolute Gasteiger partial charge is 0.319 e. The molecule has 1 aromatic carbocycles. The molecular formula is C28H50N2O2S. The van der Waals surface area contributed by atoms with Crippen molar-refractivity contribution in [2.24, 2.45) is 0 Å². The lowest BCUT2D eigenvalue weighted by atomic mass is 10.0. The van der Waals surface area contributed by atoms with E-state index in [1.54, 1.807) is 24.3 Å². The van der Waals surface area contributed by atoms with Crippen molar-refractivity contribution in [2.45, 2.75) is 116 Å². The Kier molecular flexibility index (Phi) is 20.2. The third-order valence-electron chi connectivity index (χ3n) is 6.02. The first-order valence-corrected chi connectivity index (χ1v) is 14.8. The van der Waals surface area contributed by atoms with Crippen LogP contribution in [0, 0.1) is 0 Å². The van der Waals surface area contributed by atoms with E-state index in [1.165, 1.54) is 108 Å². The summed E-state index contributed by atoms with van der Waals surface area (Å²) in [7, 11) is 0. The number of aromatic hydroxyl groups is 1. The number of rotatable bonds is 22. The molecule has 0 saturated carbocycles. The molecule has 0 aliphatic rings. The molecule has 0 aliphatic heterocycles. The van der Waals surface area contributed by atoms with Crippen LogP contribution in [0.5, 0.6) is 5.75 Å². The van der Waals surface area contributed by atoms with Gasteiger partial charge in [0.15, 0.2) is 0 Å². The molecule has 0 unspecified atom stereocenters. The third-order valence-corrected chi connectivity index (χ3v) is 7.17. The summed E-state index contributed by atoms with van der Waals surface area (Å²) in [5.74, 6) is 2.53. The number of unbranched alkanes of at least 4 members (excludes halogenated alkanes) is 15. The Hall–Kier alpha value is -1.36. The van der Waals surface area contributed by atoms with Gasteiger partial charge in [-0.25, -0.2) is 4.79 Å². The molecular weight excluding hydrogens is 428 g/mol. The molecule has 0 heterocycles. The predicted octanol–water partition coefficient (Wildman–Crippen LogP) is 8.90. The number of thioether (sulfide) groups is 1. The average molecular weight is 479 g/mol. The van der Waals surface area contributed by atoms with Crippen LogP contribution in [0.25, 0.3) is 0 Å². The Balaban J connectivity index is 1.73. The van der Waals surface area contributed by atoms with Crippen molar-refractivity contribution in [1.82, 2.24) is 5.32 Å². The monoisotopic (exact) mass is 478 g/mol. The number of amides is 2. The van der Waals surface area contributed by atoms with Crippen molar-refractivity contribution >= 4 is 23.5 Å². The van der Waals surface area contributed by atoms with Crippen molar-refractivity contribution < 1.29 is 9.90 Å². The van der Waals surface area contributed by atoms with Crippen molar-refractivity contribution in [2.75, 3.05) is 23.4 Å². The molecule has 0 aromatic heterocycles. The molecule has 2 amide bonds. The number of carbonyl (C=O) groups is 1. The molecule has 0 spiro atoms. The van der Waals surface area contributed by atoms with Gasteiger partial charge in [-0.15, -0.1) is 0 Å². The lowest BCUT2D eigenvalue weighted by molar-refractivity contribution is 0.252. The van der Waals surface area contributed by atoms with Gasteiger partial charge < -0.3 is 15.7 Å². The van der Waals surface area contributed by atoms with E-state index >= 15 is 0 Å². The predicted molar refractivity (Wildman–Crippen MR) is 147 cm³/mol. The van der Waals surface area contributed by atoms with E-state index in [1.807, 2.05) is 11.8 Å². The van der Waals surface area contributed by atoms with Crippen LogP contribution in [0.15, 0.2) is 24.3 Å². The molecule has 4 nitrogen and oxygen atoms in total. The Morgan fingerprint density at radius 3 is 1.67 bits per heavy atom. The Bertz CT molecular complexity index is 566. The molecule has 0 aliphatic carbocycles. The van der Waals surface area contributed by atoms with E-state index in [4.69, 9.17) is 0 Å². The maximum Gasteiger partial charge on any atom is 0.319 e. The van der Waals surface area contributed by atoms with Crippen LogP contribution in [0.1, 0.15) is 116 Å². The fourth-order valence-electron chi connectivity index (χ4n) is 3.95. The van der Waals surface area contributed by atoms with Gasteiger partial charge in [0.2, 0.25) is 0 Å². The van der Waals surface area contributed by atoms with Crippen molar-refractivity contribution in [3.8, 4) is 5.75 Å². The summed E-state index contributed by atoms with van der Waals surface area (Å²) < 4.78 is 0. The highest BCUT2D eigenvalue weighted by atomic mass is 32.2. The van der Waals surface area contributed by atoms with Gasteiger partial charge in [0, 0.05) is 12.2 Å². The summed E-state index contributed by atoms with van der Waals surface area (Å²) in [6.45, 7) is 2.98. The van der Waals surface area contributed by atoms with E-state index in [9.17, 15) is 9.90 Å². The SMILES string of the molecule is CCCCCCCCCCCCCCCCCCSCCCNC(=O)Nc1ccc(O)cc1. The Morgan fingerprint density at radius 2 is 1.15 bits per heavy atom. The summed E-state index contributed by atoms with van der Waals surface area (Å²) in [6, 6.07) is 6.30. The van der Waals surface area contributed by atoms with Gasteiger partial charge in [0.25, 0.3) is 0 Å². The highest BCUT2D eigenvalue weighted by molar-refractivity contribution is 7.99. The minimum Gasteiger partial charge on any atom is -0.508 e. The van der Waals surface area contributed by atoms with Crippen LogP contribution in [-0.2, 0) is 0 Å². The Morgan fingerprint density at radius 1 is 0.697 bits per heavy atom. The van der Waals surface area contributed by atoms with Crippen LogP contribution in [0.3, 0.4) is 0 Å². The zero-order chi connectivity index (χ0) is 23.8. The van der Waals surface area contributed by atoms with Gasteiger partial charge in [-0.1, -0.05) is 103 Å². The first kappa shape index (κ1) is 29.7. The van der Waals surface area contributed by atoms with E-state index in [2.05, 4.69) is 17.6 Å². The number of hydrogen-bond donors (Lipinski definition) is 3. The maximum atomic E-state index is 11.8. The second-order valence-corrected chi connectivity index (χ2v) is 10.4. The molecule has 3 N–H and O–H groups in total. The number of anilines is 1. The highest BCUT2D eigenvalue weighted by Gasteiger charge is 2.01. The first-order valence-electron chi connectivity index (χ1n) is 13.6. The topological polar surface area (TPSA) is 61.4 Å². The van der Waals surface area contributed by atoms with Crippen molar-refractivity contribution in [3.05, 3.63) is 24.3 Å². The average Bonchev–Trinajstić information content (AvgIpc) is 2.81. The number of phenolic OH excluding ortho intramolecular Hbond substituents is 1. The molecule has 190 valence electrons. The van der Waals surface area contributed by atoms with Gasteiger partial charge in [0.1, 0.15) is 5.75 Å². The molecule has 1 aromatic rings.